The van der Waals surface area contributed by atoms with Gasteiger partial charge in [-0.05, 0) is 37.1 Å². The van der Waals surface area contributed by atoms with Crippen LogP contribution in [0.5, 0.6) is 0 Å². The summed E-state index contributed by atoms with van der Waals surface area (Å²) < 4.78 is 1.99. The van der Waals surface area contributed by atoms with Crippen molar-refractivity contribution in [3.8, 4) is 0 Å². The molecule has 0 aliphatic carbocycles. The van der Waals surface area contributed by atoms with E-state index >= 15 is 0 Å². The molecule has 0 spiro atoms. The number of halogens is 1. The quantitative estimate of drug-likeness (QED) is 0.889. The Morgan fingerprint density at radius 3 is 2.71 bits per heavy atom. The number of hydrogen-bond donors (Lipinski definition) is 1. The number of aromatic nitrogens is 3. The standard InChI is InChI=1S/C16H23ClN4/c1-11(2)9-21-16(19-10-20-21)8-15(18-4)13-6-5-12(3)14(17)7-13/h5-7,10-11,15,18H,8-9H2,1-4H3. The molecule has 1 unspecified atom stereocenters. The molecule has 2 aromatic rings. The van der Waals surface area contributed by atoms with Crippen LogP contribution in [0, 0.1) is 12.8 Å². The van der Waals surface area contributed by atoms with E-state index in [0.717, 1.165) is 29.4 Å². The van der Waals surface area contributed by atoms with Gasteiger partial charge in [-0.25, -0.2) is 9.67 Å². The number of nitrogens with one attached hydrogen (secondary N) is 1. The molecular weight excluding hydrogens is 284 g/mol. The number of aryl methyl sites for hydroxylation is 1. The second-order valence-corrected chi connectivity index (χ2v) is 6.21. The van der Waals surface area contributed by atoms with Crippen molar-refractivity contribution >= 4 is 11.6 Å². The Labute approximate surface area is 131 Å². The normalized spacial score (nSPS) is 12.9. The van der Waals surface area contributed by atoms with Crippen molar-refractivity contribution in [2.45, 2.75) is 39.8 Å². The molecule has 0 saturated heterocycles. The summed E-state index contributed by atoms with van der Waals surface area (Å²) in [6.07, 6.45) is 2.43. The van der Waals surface area contributed by atoms with Crippen LogP contribution in [0.2, 0.25) is 5.02 Å². The fourth-order valence-electron chi connectivity index (χ4n) is 2.34. The first-order valence-electron chi connectivity index (χ1n) is 7.31. The fourth-order valence-corrected chi connectivity index (χ4v) is 2.53. The Morgan fingerprint density at radius 2 is 2.10 bits per heavy atom. The van der Waals surface area contributed by atoms with Crippen molar-refractivity contribution in [1.29, 1.82) is 0 Å². The first-order chi connectivity index (χ1) is 10.0. The molecule has 5 heteroatoms. The summed E-state index contributed by atoms with van der Waals surface area (Å²) in [5, 5.41) is 8.47. The molecule has 21 heavy (non-hydrogen) atoms. The van der Waals surface area contributed by atoms with Crippen molar-refractivity contribution < 1.29 is 0 Å². The van der Waals surface area contributed by atoms with E-state index in [2.05, 4.69) is 41.4 Å². The predicted molar refractivity (Wildman–Crippen MR) is 86.6 cm³/mol. The minimum atomic E-state index is 0.179. The molecular formula is C16H23ClN4. The SMILES string of the molecule is CNC(Cc1ncnn1CC(C)C)c1ccc(C)c(Cl)c1. The van der Waals surface area contributed by atoms with E-state index in [9.17, 15) is 0 Å². The van der Waals surface area contributed by atoms with Gasteiger partial charge in [0.15, 0.2) is 0 Å². The number of rotatable bonds is 6. The van der Waals surface area contributed by atoms with Gasteiger partial charge in [-0.1, -0.05) is 37.6 Å². The van der Waals surface area contributed by atoms with Gasteiger partial charge < -0.3 is 5.32 Å². The number of nitrogens with zero attached hydrogens (tertiary/aromatic N) is 3. The van der Waals surface area contributed by atoms with Crippen LogP contribution in [0.3, 0.4) is 0 Å². The van der Waals surface area contributed by atoms with E-state index in [1.165, 1.54) is 5.56 Å². The van der Waals surface area contributed by atoms with Crippen molar-refractivity contribution in [2.24, 2.45) is 5.92 Å². The van der Waals surface area contributed by atoms with Crippen LogP contribution in [-0.4, -0.2) is 21.8 Å². The van der Waals surface area contributed by atoms with Gasteiger partial charge in [-0.2, -0.15) is 5.10 Å². The molecule has 0 saturated carbocycles. The summed E-state index contributed by atoms with van der Waals surface area (Å²) in [4.78, 5) is 4.40. The summed E-state index contributed by atoms with van der Waals surface area (Å²) >= 11 is 6.24. The lowest BCUT2D eigenvalue weighted by molar-refractivity contribution is 0.451. The van der Waals surface area contributed by atoms with Gasteiger partial charge >= 0.3 is 0 Å². The van der Waals surface area contributed by atoms with Gasteiger partial charge in [0.25, 0.3) is 0 Å². The Bertz CT molecular complexity index is 592. The third-order valence-electron chi connectivity index (χ3n) is 3.57. The molecule has 1 heterocycles. The average Bonchev–Trinajstić information content (AvgIpc) is 2.85. The zero-order valence-corrected chi connectivity index (χ0v) is 13.9. The van der Waals surface area contributed by atoms with Gasteiger partial charge in [-0.3, -0.25) is 0 Å². The maximum Gasteiger partial charge on any atom is 0.138 e. The molecule has 0 amide bonds. The number of benzene rings is 1. The average molecular weight is 307 g/mol. The summed E-state index contributed by atoms with van der Waals surface area (Å²) in [7, 11) is 1.96. The van der Waals surface area contributed by atoms with Crippen LogP contribution in [-0.2, 0) is 13.0 Å². The first-order valence-corrected chi connectivity index (χ1v) is 7.69. The molecule has 0 aliphatic heterocycles. The smallest absolute Gasteiger partial charge is 0.138 e. The topological polar surface area (TPSA) is 42.7 Å². The molecule has 2 rings (SSSR count). The number of likely N-dealkylation sites (N-methyl/N-ethyl adjacent to an activating group) is 1. The number of hydrogen-bond acceptors (Lipinski definition) is 3. The minimum Gasteiger partial charge on any atom is -0.313 e. The van der Waals surface area contributed by atoms with Crippen LogP contribution in [0.25, 0.3) is 0 Å². The molecule has 0 bridgehead atoms. The van der Waals surface area contributed by atoms with E-state index in [4.69, 9.17) is 11.6 Å². The lowest BCUT2D eigenvalue weighted by Crippen LogP contribution is -2.22. The van der Waals surface area contributed by atoms with Crippen molar-refractivity contribution in [1.82, 2.24) is 20.1 Å². The first kappa shape index (κ1) is 16.0. The van der Waals surface area contributed by atoms with Crippen molar-refractivity contribution in [2.75, 3.05) is 7.05 Å². The summed E-state index contributed by atoms with van der Waals surface area (Å²) in [5.74, 6) is 1.55. The van der Waals surface area contributed by atoms with E-state index in [1.807, 2.05) is 24.7 Å². The van der Waals surface area contributed by atoms with Gasteiger partial charge in [-0.15, -0.1) is 0 Å². The molecule has 1 aromatic heterocycles. The minimum absolute atomic E-state index is 0.179. The Hall–Kier alpha value is -1.39. The summed E-state index contributed by atoms with van der Waals surface area (Å²) in [5.41, 5.74) is 2.27. The van der Waals surface area contributed by atoms with Gasteiger partial charge in [0.1, 0.15) is 12.2 Å². The maximum absolute atomic E-state index is 6.24. The highest BCUT2D eigenvalue weighted by atomic mass is 35.5. The summed E-state index contributed by atoms with van der Waals surface area (Å²) in [6, 6.07) is 6.38. The highest BCUT2D eigenvalue weighted by molar-refractivity contribution is 6.31. The zero-order chi connectivity index (χ0) is 15.4. The monoisotopic (exact) mass is 306 g/mol. The lowest BCUT2D eigenvalue weighted by Gasteiger charge is -2.18. The third-order valence-corrected chi connectivity index (χ3v) is 3.97. The highest BCUT2D eigenvalue weighted by Crippen LogP contribution is 2.23. The Morgan fingerprint density at radius 1 is 1.33 bits per heavy atom. The predicted octanol–water partition coefficient (Wildman–Crippen LogP) is 3.40. The summed E-state index contributed by atoms with van der Waals surface area (Å²) in [6.45, 7) is 7.27. The van der Waals surface area contributed by atoms with Gasteiger partial charge in [0, 0.05) is 24.0 Å². The molecule has 0 aliphatic rings. The van der Waals surface area contributed by atoms with E-state index < -0.39 is 0 Å². The van der Waals surface area contributed by atoms with Crippen molar-refractivity contribution in [3.05, 3.63) is 46.5 Å². The molecule has 1 atom stereocenters. The van der Waals surface area contributed by atoms with E-state index in [0.29, 0.717) is 5.92 Å². The van der Waals surface area contributed by atoms with Crippen LogP contribution in [0.15, 0.2) is 24.5 Å². The van der Waals surface area contributed by atoms with Gasteiger partial charge in [0.05, 0.1) is 0 Å². The highest BCUT2D eigenvalue weighted by Gasteiger charge is 2.15. The fraction of sp³-hybridized carbons (Fsp3) is 0.500. The second-order valence-electron chi connectivity index (χ2n) is 5.81. The Kier molecular flexibility index (Phi) is 5.37. The zero-order valence-electron chi connectivity index (χ0n) is 13.1. The van der Waals surface area contributed by atoms with Crippen LogP contribution in [0.4, 0.5) is 0 Å². The third kappa shape index (κ3) is 4.05. The largest absolute Gasteiger partial charge is 0.313 e. The van der Waals surface area contributed by atoms with Crippen LogP contribution in [0.1, 0.15) is 36.8 Å². The van der Waals surface area contributed by atoms with Crippen LogP contribution >= 0.6 is 11.6 Å². The van der Waals surface area contributed by atoms with E-state index in [1.54, 1.807) is 6.33 Å². The second kappa shape index (κ2) is 7.05. The van der Waals surface area contributed by atoms with Crippen LogP contribution < -0.4 is 5.32 Å². The maximum atomic E-state index is 6.24. The Balaban J connectivity index is 2.19. The molecule has 1 aromatic carbocycles. The molecule has 1 N–H and O–H groups in total. The van der Waals surface area contributed by atoms with E-state index in [-0.39, 0.29) is 6.04 Å². The molecule has 4 nitrogen and oxygen atoms in total. The van der Waals surface area contributed by atoms with Crippen molar-refractivity contribution in [3.63, 3.8) is 0 Å². The molecule has 0 fully saturated rings. The molecule has 0 radical (unpaired) electrons. The lowest BCUT2D eigenvalue weighted by atomic mass is 10.0. The molecule has 114 valence electrons. The van der Waals surface area contributed by atoms with Gasteiger partial charge in [0.2, 0.25) is 0 Å².